The normalized spacial score (nSPS) is 14.4. The summed E-state index contributed by atoms with van der Waals surface area (Å²) < 4.78 is 5.32. The molecule has 2 nitrogen and oxygen atoms in total. The minimum Gasteiger partial charge on any atom is -0.462 e. The molecule has 0 aromatic heterocycles. The third-order valence-corrected chi connectivity index (χ3v) is 3.29. The van der Waals surface area contributed by atoms with Crippen LogP contribution in [-0.4, -0.2) is 12.1 Å². The van der Waals surface area contributed by atoms with Gasteiger partial charge in [0.25, 0.3) is 0 Å². The highest BCUT2D eigenvalue weighted by Crippen LogP contribution is 2.14. The van der Waals surface area contributed by atoms with E-state index in [1.807, 2.05) is 20.8 Å². The van der Waals surface area contributed by atoms with Crippen molar-refractivity contribution < 1.29 is 9.53 Å². The van der Waals surface area contributed by atoms with Crippen LogP contribution in [0.3, 0.4) is 0 Å². The zero-order chi connectivity index (χ0) is 13.1. The second-order valence-electron chi connectivity index (χ2n) is 5.11. The molecule has 2 unspecified atom stereocenters. The Labute approximate surface area is 107 Å². The number of hydrogen-bond donors (Lipinski definition) is 0. The van der Waals surface area contributed by atoms with E-state index >= 15 is 0 Å². The summed E-state index contributed by atoms with van der Waals surface area (Å²) in [6.07, 6.45) is 9.61. The molecule has 0 aliphatic heterocycles. The molecular weight excluding hydrogens is 212 g/mol. The number of unbranched alkanes of at least 4 members (excludes halogenated alkanes) is 5. The summed E-state index contributed by atoms with van der Waals surface area (Å²) in [6, 6.07) is 0. The molecule has 2 heteroatoms. The van der Waals surface area contributed by atoms with Gasteiger partial charge < -0.3 is 4.74 Å². The minimum atomic E-state index is -0.0205. The van der Waals surface area contributed by atoms with E-state index in [-0.39, 0.29) is 18.0 Å². The molecule has 0 aliphatic rings. The molecule has 0 aliphatic carbocycles. The Morgan fingerprint density at radius 1 is 1.00 bits per heavy atom. The topological polar surface area (TPSA) is 26.3 Å². The minimum absolute atomic E-state index is 0.0205. The van der Waals surface area contributed by atoms with Crippen molar-refractivity contribution >= 4 is 5.97 Å². The molecule has 0 bridgehead atoms. The van der Waals surface area contributed by atoms with Crippen LogP contribution in [0.25, 0.3) is 0 Å². The zero-order valence-electron chi connectivity index (χ0n) is 12.1. The lowest BCUT2D eigenvalue weighted by molar-refractivity contribution is -0.153. The second-order valence-corrected chi connectivity index (χ2v) is 5.11. The first-order valence-electron chi connectivity index (χ1n) is 7.32. The van der Waals surface area contributed by atoms with E-state index in [9.17, 15) is 4.79 Å². The smallest absolute Gasteiger partial charge is 0.308 e. The van der Waals surface area contributed by atoms with Crippen molar-refractivity contribution in [1.29, 1.82) is 0 Å². The van der Waals surface area contributed by atoms with Crippen molar-refractivity contribution in [3.05, 3.63) is 0 Å². The molecule has 0 fully saturated rings. The maximum Gasteiger partial charge on any atom is 0.308 e. The highest BCUT2D eigenvalue weighted by molar-refractivity contribution is 5.72. The summed E-state index contributed by atoms with van der Waals surface area (Å²) in [5.41, 5.74) is 0. The molecule has 2 atom stereocenters. The van der Waals surface area contributed by atoms with Gasteiger partial charge in [0.05, 0.1) is 12.0 Å². The molecule has 0 heterocycles. The summed E-state index contributed by atoms with van der Waals surface area (Å²) >= 11 is 0. The second kappa shape index (κ2) is 10.6. The van der Waals surface area contributed by atoms with Gasteiger partial charge in [-0.3, -0.25) is 4.79 Å². The van der Waals surface area contributed by atoms with Crippen LogP contribution in [0.15, 0.2) is 0 Å². The Hall–Kier alpha value is -0.530. The van der Waals surface area contributed by atoms with Gasteiger partial charge >= 0.3 is 5.97 Å². The molecule has 102 valence electrons. The summed E-state index contributed by atoms with van der Waals surface area (Å²) in [6.45, 7) is 8.20. The van der Waals surface area contributed by atoms with Crippen molar-refractivity contribution in [2.24, 2.45) is 5.92 Å². The molecule has 0 aromatic rings. The molecule has 0 radical (unpaired) electrons. The van der Waals surface area contributed by atoms with Gasteiger partial charge in [-0.25, -0.2) is 0 Å². The van der Waals surface area contributed by atoms with E-state index in [0.29, 0.717) is 0 Å². The van der Waals surface area contributed by atoms with Crippen molar-refractivity contribution in [1.82, 2.24) is 0 Å². The van der Waals surface area contributed by atoms with Gasteiger partial charge in [-0.15, -0.1) is 0 Å². The van der Waals surface area contributed by atoms with E-state index in [1.165, 1.54) is 32.1 Å². The number of esters is 1. The first-order valence-corrected chi connectivity index (χ1v) is 7.32. The van der Waals surface area contributed by atoms with Gasteiger partial charge in [-0.1, -0.05) is 59.3 Å². The van der Waals surface area contributed by atoms with Crippen LogP contribution in [0, 0.1) is 5.92 Å². The SMILES string of the molecule is CCCCCCCCC(C)C(=O)OC(C)CC. The van der Waals surface area contributed by atoms with Crippen LogP contribution in [0.5, 0.6) is 0 Å². The lowest BCUT2D eigenvalue weighted by atomic mass is 10.0. The molecule has 0 saturated heterocycles. The van der Waals surface area contributed by atoms with Crippen LogP contribution >= 0.6 is 0 Å². The maximum absolute atomic E-state index is 11.7. The third-order valence-electron chi connectivity index (χ3n) is 3.29. The number of rotatable bonds is 10. The fourth-order valence-corrected chi connectivity index (χ4v) is 1.75. The molecule has 0 aromatic carbocycles. The molecular formula is C15H30O2. The van der Waals surface area contributed by atoms with Crippen LogP contribution in [0.4, 0.5) is 0 Å². The summed E-state index contributed by atoms with van der Waals surface area (Å²) in [4.78, 5) is 11.7. The Morgan fingerprint density at radius 3 is 2.18 bits per heavy atom. The summed E-state index contributed by atoms with van der Waals surface area (Å²) in [7, 11) is 0. The predicted molar refractivity (Wildman–Crippen MR) is 73.0 cm³/mol. The number of carbonyl (C=O) groups is 1. The van der Waals surface area contributed by atoms with Gasteiger partial charge in [0.15, 0.2) is 0 Å². The van der Waals surface area contributed by atoms with Crippen LogP contribution in [0.1, 0.15) is 79.1 Å². The van der Waals surface area contributed by atoms with E-state index in [2.05, 4.69) is 6.92 Å². The molecule has 0 spiro atoms. The summed E-state index contributed by atoms with van der Waals surface area (Å²) in [5, 5.41) is 0. The molecule has 0 amide bonds. The summed E-state index contributed by atoms with van der Waals surface area (Å²) in [5.74, 6) is 0.0445. The zero-order valence-corrected chi connectivity index (χ0v) is 12.1. The first-order chi connectivity index (χ1) is 8.11. The van der Waals surface area contributed by atoms with Crippen molar-refractivity contribution in [3.63, 3.8) is 0 Å². The first kappa shape index (κ1) is 16.5. The van der Waals surface area contributed by atoms with Gasteiger partial charge in [-0.2, -0.15) is 0 Å². The molecule has 0 N–H and O–H groups in total. The Kier molecular flexibility index (Phi) is 10.3. The molecule has 0 saturated carbocycles. The Morgan fingerprint density at radius 2 is 1.59 bits per heavy atom. The van der Waals surface area contributed by atoms with Crippen molar-refractivity contribution in [2.45, 2.75) is 85.2 Å². The highest BCUT2D eigenvalue weighted by Gasteiger charge is 2.15. The fraction of sp³-hybridized carbons (Fsp3) is 0.933. The van der Waals surface area contributed by atoms with Gasteiger partial charge in [-0.05, 0) is 19.8 Å². The molecule has 0 rings (SSSR count). The van der Waals surface area contributed by atoms with E-state index in [1.54, 1.807) is 0 Å². The Balaban J connectivity index is 3.50. The van der Waals surface area contributed by atoms with Crippen LogP contribution in [0.2, 0.25) is 0 Å². The number of hydrogen-bond acceptors (Lipinski definition) is 2. The number of carbonyl (C=O) groups excluding carboxylic acids is 1. The fourth-order valence-electron chi connectivity index (χ4n) is 1.75. The maximum atomic E-state index is 11.7. The van der Waals surface area contributed by atoms with Crippen molar-refractivity contribution in [2.75, 3.05) is 0 Å². The quantitative estimate of drug-likeness (QED) is 0.409. The van der Waals surface area contributed by atoms with E-state index < -0.39 is 0 Å². The van der Waals surface area contributed by atoms with Gasteiger partial charge in [0.1, 0.15) is 0 Å². The largest absolute Gasteiger partial charge is 0.462 e. The van der Waals surface area contributed by atoms with E-state index in [4.69, 9.17) is 4.74 Å². The van der Waals surface area contributed by atoms with Gasteiger partial charge in [0, 0.05) is 0 Å². The van der Waals surface area contributed by atoms with Gasteiger partial charge in [0.2, 0.25) is 0 Å². The average molecular weight is 242 g/mol. The Bertz CT molecular complexity index is 189. The lowest BCUT2D eigenvalue weighted by Gasteiger charge is -2.15. The predicted octanol–water partition coefficient (Wildman–Crippen LogP) is 4.71. The lowest BCUT2D eigenvalue weighted by Crippen LogP contribution is -2.20. The monoisotopic (exact) mass is 242 g/mol. The third kappa shape index (κ3) is 9.20. The molecule has 17 heavy (non-hydrogen) atoms. The highest BCUT2D eigenvalue weighted by atomic mass is 16.5. The standard InChI is InChI=1S/C15H30O2/c1-5-7-8-9-10-11-12-13(3)15(16)17-14(4)6-2/h13-14H,5-12H2,1-4H3. The van der Waals surface area contributed by atoms with Crippen LogP contribution in [-0.2, 0) is 9.53 Å². The van der Waals surface area contributed by atoms with E-state index in [0.717, 1.165) is 19.3 Å². The van der Waals surface area contributed by atoms with Crippen LogP contribution < -0.4 is 0 Å². The van der Waals surface area contributed by atoms with Crippen molar-refractivity contribution in [3.8, 4) is 0 Å². The number of ether oxygens (including phenoxy) is 1. The average Bonchev–Trinajstić information content (AvgIpc) is 2.32.